The molecule has 1 N–H and O–H groups in total. The predicted molar refractivity (Wildman–Crippen MR) is 103 cm³/mol. The monoisotopic (exact) mass is 357 g/mol. The van der Waals surface area contributed by atoms with E-state index in [1.54, 1.807) is 17.5 Å². The topological polar surface area (TPSA) is 45.2 Å². The summed E-state index contributed by atoms with van der Waals surface area (Å²) in [5, 5.41) is 5.28. The molecule has 0 aromatic carbocycles. The lowest BCUT2D eigenvalue weighted by Gasteiger charge is -2.36. The van der Waals surface area contributed by atoms with Crippen LogP contribution < -0.4 is 5.32 Å². The first kappa shape index (κ1) is 18.1. The first-order valence-electron chi connectivity index (χ1n) is 9.15. The number of nitrogens with one attached hydrogen (secondary N) is 1. The van der Waals surface area contributed by atoms with Crippen LogP contribution in [-0.2, 0) is 11.2 Å². The maximum absolute atomic E-state index is 12.3. The summed E-state index contributed by atoms with van der Waals surface area (Å²) in [7, 11) is 0. The zero-order valence-electron chi connectivity index (χ0n) is 14.9. The lowest BCUT2D eigenvalue weighted by molar-refractivity contribution is -0.121. The minimum absolute atomic E-state index is 0.121. The van der Waals surface area contributed by atoms with Crippen LogP contribution in [0.2, 0.25) is 0 Å². The fourth-order valence-electron chi connectivity index (χ4n) is 3.33. The molecule has 0 aliphatic carbocycles. The Hall–Kier alpha value is -1.72. The Morgan fingerprint density at radius 3 is 2.88 bits per heavy atom. The molecule has 5 heteroatoms. The summed E-state index contributed by atoms with van der Waals surface area (Å²) in [5.41, 5.74) is 1.11. The quantitative estimate of drug-likeness (QED) is 0.822. The highest BCUT2D eigenvalue weighted by Crippen LogP contribution is 2.29. The number of aromatic nitrogens is 1. The third kappa shape index (κ3) is 5.38. The Bertz CT molecular complexity index is 636. The van der Waals surface area contributed by atoms with Crippen molar-refractivity contribution in [3.8, 4) is 0 Å². The largest absolute Gasteiger partial charge is 0.354 e. The van der Waals surface area contributed by atoms with Crippen LogP contribution in [0.25, 0.3) is 0 Å². The van der Waals surface area contributed by atoms with Crippen LogP contribution in [0.15, 0.2) is 42.0 Å². The number of pyridine rings is 1. The average Bonchev–Trinajstić information content (AvgIpc) is 3.17. The molecule has 25 heavy (non-hydrogen) atoms. The van der Waals surface area contributed by atoms with Crippen molar-refractivity contribution in [3.63, 3.8) is 0 Å². The van der Waals surface area contributed by atoms with Crippen molar-refractivity contribution in [2.24, 2.45) is 5.92 Å². The van der Waals surface area contributed by atoms with E-state index < -0.39 is 0 Å². The molecule has 1 saturated heterocycles. The Kier molecular flexibility index (Phi) is 6.59. The molecule has 134 valence electrons. The van der Waals surface area contributed by atoms with Crippen molar-refractivity contribution < 1.29 is 4.79 Å². The smallest absolute Gasteiger partial charge is 0.220 e. The van der Waals surface area contributed by atoms with Gasteiger partial charge >= 0.3 is 0 Å². The summed E-state index contributed by atoms with van der Waals surface area (Å²) in [6, 6.07) is 8.52. The third-order valence-electron chi connectivity index (χ3n) is 4.99. The van der Waals surface area contributed by atoms with Gasteiger partial charge in [-0.3, -0.25) is 14.7 Å². The number of likely N-dealkylation sites (tertiary alicyclic amines) is 1. The summed E-state index contributed by atoms with van der Waals surface area (Å²) >= 11 is 1.79. The molecule has 1 unspecified atom stereocenters. The Labute approximate surface area is 154 Å². The van der Waals surface area contributed by atoms with Gasteiger partial charge in [-0.05, 0) is 61.3 Å². The number of aryl methyl sites for hydroxylation is 1. The minimum Gasteiger partial charge on any atom is -0.354 e. The van der Waals surface area contributed by atoms with Gasteiger partial charge in [0.25, 0.3) is 0 Å². The van der Waals surface area contributed by atoms with E-state index in [1.807, 2.05) is 18.3 Å². The zero-order valence-corrected chi connectivity index (χ0v) is 15.7. The number of thiophene rings is 1. The van der Waals surface area contributed by atoms with Crippen molar-refractivity contribution in [1.29, 1.82) is 0 Å². The minimum atomic E-state index is 0.121. The second kappa shape index (κ2) is 9.11. The molecule has 1 fully saturated rings. The van der Waals surface area contributed by atoms with E-state index >= 15 is 0 Å². The molecular weight excluding hydrogens is 330 g/mol. The van der Waals surface area contributed by atoms with Crippen molar-refractivity contribution in [2.75, 3.05) is 19.6 Å². The first-order valence-corrected chi connectivity index (χ1v) is 10.0. The number of carbonyl (C=O) groups excluding carboxylic acids is 1. The summed E-state index contributed by atoms with van der Waals surface area (Å²) in [6.07, 6.45) is 7.34. The van der Waals surface area contributed by atoms with Crippen molar-refractivity contribution in [1.82, 2.24) is 15.2 Å². The molecule has 2 aromatic rings. The first-order chi connectivity index (χ1) is 12.2. The molecule has 2 aromatic heterocycles. The summed E-state index contributed by atoms with van der Waals surface area (Å²) in [4.78, 5) is 20.3. The van der Waals surface area contributed by atoms with Crippen LogP contribution in [-0.4, -0.2) is 35.4 Å². The van der Waals surface area contributed by atoms with E-state index in [0.717, 1.165) is 31.0 Å². The summed E-state index contributed by atoms with van der Waals surface area (Å²) < 4.78 is 0. The molecule has 3 rings (SSSR count). The van der Waals surface area contributed by atoms with Crippen LogP contribution in [0.4, 0.5) is 0 Å². The van der Waals surface area contributed by atoms with Gasteiger partial charge in [-0.25, -0.2) is 0 Å². The number of hydrogen-bond donors (Lipinski definition) is 1. The highest BCUT2D eigenvalue weighted by molar-refractivity contribution is 7.10. The van der Waals surface area contributed by atoms with E-state index in [4.69, 9.17) is 0 Å². The highest BCUT2D eigenvalue weighted by Gasteiger charge is 2.25. The van der Waals surface area contributed by atoms with Gasteiger partial charge < -0.3 is 5.32 Å². The SMILES string of the molecule is CC1CCN(C(CNC(=O)CCc2cccnc2)c2cccs2)CC1. The lowest BCUT2D eigenvalue weighted by atomic mass is 9.97. The van der Waals surface area contributed by atoms with E-state index in [0.29, 0.717) is 19.0 Å². The Morgan fingerprint density at radius 2 is 2.20 bits per heavy atom. The second-order valence-corrected chi connectivity index (χ2v) is 7.89. The summed E-state index contributed by atoms with van der Waals surface area (Å²) in [5.74, 6) is 0.935. The van der Waals surface area contributed by atoms with Crippen LogP contribution in [0.3, 0.4) is 0 Å². The Balaban J connectivity index is 1.52. The van der Waals surface area contributed by atoms with Crippen LogP contribution >= 0.6 is 11.3 Å². The second-order valence-electron chi connectivity index (χ2n) is 6.92. The lowest BCUT2D eigenvalue weighted by Crippen LogP contribution is -2.41. The molecule has 0 saturated carbocycles. The molecule has 1 amide bonds. The molecule has 1 aliphatic rings. The molecule has 0 bridgehead atoms. The van der Waals surface area contributed by atoms with Crippen LogP contribution in [0.5, 0.6) is 0 Å². The highest BCUT2D eigenvalue weighted by atomic mass is 32.1. The van der Waals surface area contributed by atoms with Crippen LogP contribution in [0.1, 0.15) is 42.7 Å². The van der Waals surface area contributed by atoms with Gasteiger partial charge in [-0.15, -0.1) is 11.3 Å². The van der Waals surface area contributed by atoms with Crippen molar-refractivity contribution in [3.05, 3.63) is 52.5 Å². The molecule has 1 atom stereocenters. The molecular formula is C20H27N3OS. The van der Waals surface area contributed by atoms with Gasteiger partial charge in [0.15, 0.2) is 0 Å². The normalized spacial score (nSPS) is 17.3. The standard InChI is InChI=1S/C20H27N3OS/c1-16-8-11-23(12-9-16)18(19-5-3-13-25-19)15-22-20(24)7-6-17-4-2-10-21-14-17/h2-5,10,13-14,16,18H,6-9,11-12,15H2,1H3,(H,22,24). The predicted octanol–water partition coefficient (Wildman–Crippen LogP) is 3.67. The molecule has 0 spiro atoms. The number of piperidine rings is 1. The molecule has 3 heterocycles. The van der Waals surface area contributed by atoms with E-state index in [2.05, 4.69) is 39.6 Å². The van der Waals surface area contributed by atoms with Gasteiger partial charge in [0.1, 0.15) is 0 Å². The van der Waals surface area contributed by atoms with Crippen molar-refractivity contribution in [2.45, 2.75) is 38.6 Å². The molecule has 4 nitrogen and oxygen atoms in total. The van der Waals surface area contributed by atoms with Crippen LogP contribution in [0, 0.1) is 5.92 Å². The van der Waals surface area contributed by atoms with Crippen molar-refractivity contribution >= 4 is 17.2 Å². The summed E-state index contributed by atoms with van der Waals surface area (Å²) in [6.45, 7) is 5.27. The van der Waals surface area contributed by atoms with E-state index in [1.165, 1.54) is 17.7 Å². The Morgan fingerprint density at radius 1 is 1.36 bits per heavy atom. The fourth-order valence-corrected chi connectivity index (χ4v) is 4.19. The van der Waals surface area contributed by atoms with Gasteiger partial charge in [0, 0.05) is 30.2 Å². The third-order valence-corrected chi connectivity index (χ3v) is 5.96. The molecule has 1 aliphatic heterocycles. The zero-order chi connectivity index (χ0) is 17.5. The number of rotatable bonds is 7. The maximum Gasteiger partial charge on any atom is 0.220 e. The number of nitrogens with zero attached hydrogens (tertiary/aromatic N) is 2. The van der Waals surface area contributed by atoms with E-state index in [9.17, 15) is 4.79 Å². The number of amides is 1. The number of hydrogen-bond acceptors (Lipinski definition) is 4. The molecule has 0 radical (unpaired) electrons. The maximum atomic E-state index is 12.3. The van der Waals surface area contributed by atoms with Gasteiger partial charge in [0.05, 0.1) is 6.04 Å². The fraction of sp³-hybridized carbons (Fsp3) is 0.500. The van der Waals surface area contributed by atoms with E-state index in [-0.39, 0.29) is 5.91 Å². The van der Waals surface area contributed by atoms with Gasteiger partial charge in [0.2, 0.25) is 5.91 Å². The van der Waals surface area contributed by atoms with Gasteiger partial charge in [-0.1, -0.05) is 19.1 Å². The number of carbonyl (C=O) groups is 1. The van der Waals surface area contributed by atoms with Gasteiger partial charge in [-0.2, -0.15) is 0 Å². The average molecular weight is 358 g/mol.